The Morgan fingerprint density at radius 1 is 1.39 bits per heavy atom. The normalized spacial score (nSPS) is 20.7. The Morgan fingerprint density at radius 2 is 2.22 bits per heavy atom. The van der Waals surface area contributed by atoms with Crippen LogP contribution in [0.5, 0.6) is 0 Å². The fourth-order valence-electron chi connectivity index (χ4n) is 2.78. The van der Waals surface area contributed by atoms with E-state index in [4.69, 9.17) is 11.6 Å². The van der Waals surface area contributed by atoms with Gasteiger partial charge in [0.15, 0.2) is 0 Å². The summed E-state index contributed by atoms with van der Waals surface area (Å²) >= 11 is 5.96. The molecule has 0 aliphatic carbocycles. The van der Waals surface area contributed by atoms with Crippen molar-refractivity contribution in [1.29, 1.82) is 0 Å². The van der Waals surface area contributed by atoms with Crippen molar-refractivity contribution in [2.24, 2.45) is 0 Å². The van der Waals surface area contributed by atoms with Gasteiger partial charge in [0.05, 0.1) is 0 Å². The van der Waals surface area contributed by atoms with Crippen molar-refractivity contribution in [1.82, 2.24) is 9.88 Å². The van der Waals surface area contributed by atoms with Crippen LogP contribution in [0.15, 0.2) is 29.2 Å². The Balaban J connectivity index is 2.18. The van der Waals surface area contributed by atoms with Gasteiger partial charge < -0.3 is 9.88 Å². The Bertz CT molecular complexity index is 650. The van der Waals surface area contributed by atoms with Gasteiger partial charge in [-0.15, -0.1) is 0 Å². The van der Waals surface area contributed by atoms with Gasteiger partial charge in [0, 0.05) is 23.2 Å². The number of benzene rings is 1. The monoisotopic (exact) mass is 262 g/mol. The van der Waals surface area contributed by atoms with Gasteiger partial charge in [0.25, 0.3) is 5.56 Å². The maximum absolute atomic E-state index is 11.8. The van der Waals surface area contributed by atoms with Crippen LogP contribution in [-0.4, -0.2) is 30.0 Å². The molecule has 0 saturated carbocycles. The molecule has 1 aromatic heterocycles. The standard InChI is InChI=1S/C14H15ClN2O/c1-17-5-4-9(8-17)13-7-16-14(18)12-6-10(15)2-3-11(12)13/h2-3,6-7,9H,4-5,8H2,1H3,(H,16,18). The summed E-state index contributed by atoms with van der Waals surface area (Å²) in [6, 6.07) is 5.56. The summed E-state index contributed by atoms with van der Waals surface area (Å²) in [5, 5.41) is 2.33. The number of fused-ring (bicyclic) bond motifs is 1. The van der Waals surface area contributed by atoms with E-state index in [1.807, 2.05) is 18.3 Å². The minimum Gasteiger partial charge on any atom is -0.328 e. The van der Waals surface area contributed by atoms with Gasteiger partial charge >= 0.3 is 0 Å². The highest BCUT2D eigenvalue weighted by Gasteiger charge is 2.23. The van der Waals surface area contributed by atoms with E-state index in [1.165, 1.54) is 5.56 Å². The molecule has 2 heterocycles. The molecule has 18 heavy (non-hydrogen) atoms. The fraction of sp³-hybridized carbons (Fsp3) is 0.357. The van der Waals surface area contributed by atoms with Crippen molar-refractivity contribution in [3.8, 4) is 0 Å². The van der Waals surface area contributed by atoms with Crippen molar-refractivity contribution >= 4 is 22.4 Å². The molecule has 1 fully saturated rings. The summed E-state index contributed by atoms with van der Waals surface area (Å²) in [5.74, 6) is 0.496. The fourth-order valence-corrected chi connectivity index (χ4v) is 2.95. The number of nitrogens with zero attached hydrogens (tertiary/aromatic N) is 1. The van der Waals surface area contributed by atoms with Crippen LogP contribution in [0.3, 0.4) is 0 Å². The largest absolute Gasteiger partial charge is 0.328 e. The molecule has 1 saturated heterocycles. The number of hydrogen-bond acceptors (Lipinski definition) is 2. The SMILES string of the molecule is CN1CCC(c2c[nH]c(=O)c3cc(Cl)ccc23)C1. The second-order valence-electron chi connectivity index (χ2n) is 5.01. The lowest BCUT2D eigenvalue weighted by Crippen LogP contribution is -2.14. The maximum atomic E-state index is 11.8. The third-order valence-electron chi connectivity index (χ3n) is 3.73. The predicted molar refractivity (Wildman–Crippen MR) is 74.4 cm³/mol. The van der Waals surface area contributed by atoms with Gasteiger partial charge in [-0.05, 0) is 49.0 Å². The lowest BCUT2D eigenvalue weighted by atomic mass is 9.95. The summed E-state index contributed by atoms with van der Waals surface area (Å²) in [5.41, 5.74) is 1.16. The zero-order chi connectivity index (χ0) is 12.7. The maximum Gasteiger partial charge on any atom is 0.255 e. The average Bonchev–Trinajstić information content (AvgIpc) is 2.77. The molecule has 0 radical (unpaired) electrons. The number of likely N-dealkylation sites (N-methyl/N-ethyl adjacent to an activating group) is 1. The van der Waals surface area contributed by atoms with E-state index in [9.17, 15) is 4.79 Å². The molecule has 3 rings (SSSR count). The number of pyridine rings is 1. The second kappa shape index (κ2) is 4.41. The minimum atomic E-state index is -0.0670. The Kier molecular flexibility index (Phi) is 2.88. The van der Waals surface area contributed by atoms with Crippen LogP contribution in [-0.2, 0) is 0 Å². The molecular weight excluding hydrogens is 248 g/mol. The topological polar surface area (TPSA) is 36.1 Å². The number of H-pyrrole nitrogens is 1. The second-order valence-corrected chi connectivity index (χ2v) is 5.45. The molecule has 4 heteroatoms. The van der Waals surface area contributed by atoms with E-state index in [2.05, 4.69) is 16.9 Å². The van der Waals surface area contributed by atoms with E-state index in [1.54, 1.807) is 6.07 Å². The smallest absolute Gasteiger partial charge is 0.255 e. The molecular formula is C14H15ClN2O. The molecule has 1 aliphatic rings. The van der Waals surface area contributed by atoms with Gasteiger partial charge in [0.2, 0.25) is 0 Å². The minimum absolute atomic E-state index is 0.0670. The number of rotatable bonds is 1. The van der Waals surface area contributed by atoms with E-state index < -0.39 is 0 Å². The highest BCUT2D eigenvalue weighted by molar-refractivity contribution is 6.31. The van der Waals surface area contributed by atoms with Crippen molar-refractivity contribution < 1.29 is 0 Å². The van der Waals surface area contributed by atoms with Gasteiger partial charge in [0.1, 0.15) is 0 Å². The van der Waals surface area contributed by atoms with E-state index in [0.29, 0.717) is 16.3 Å². The first-order valence-corrected chi connectivity index (χ1v) is 6.52. The van der Waals surface area contributed by atoms with Crippen LogP contribution >= 0.6 is 11.6 Å². The van der Waals surface area contributed by atoms with Crippen LogP contribution in [0.1, 0.15) is 17.9 Å². The lowest BCUT2D eigenvalue weighted by Gasteiger charge is -2.13. The first-order chi connectivity index (χ1) is 8.65. The number of nitrogens with one attached hydrogen (secondary N) is 1. The quantitative estimate of drug-likeness (QED) is 0.858. The van der Waals surface area contributed by atoms with Gasteiger partial charge in [-0.25, -0.2) is 0 Å². The lowest BCUT2D eigenvalue weighted by molar-refractivity contribution is 0.412. The molecule has 1 atom stereocenters. The summed E-state index contributed by atoms with van der Waals surface area (Å²) in [6.45, 7) is 2.16. The first-order valence-electron chi connectivity index (χ1n) is 6.14. The third kappa shape index (κ3) is 1.93. The molecule has 3 nitrogen and oxygen atoms in total. The summed E-state index contributed by atoms with van der Waals surface area (Å²) in [4.78, 5) is 17.0. The molecule has 1 aliphatic heterocycles. The molecule has 94 valence electrons. The van der Waals surface area contributed by atoms with Crippen LogP contribution in [0.4, 0.5) is 0 Å². The zero-order valence-corrected chi connectivity index (χ0v) is 11.0. The molecule has 1 aromatic carbocycles. The van der Waals surface area contributed by atoms with Crippen LogP contribution in [0.25, 0.3) is 10.8 Å². The average molecular weight is 263 g/mol. The number of aromatic nitrogens is 1. The summed E-state index contributed by atoms with van der Waals surface area (Å²) < 4.78 is 0. The van der Waals surface area contributed by atoms with Crippen LogP contribution in [0.2, 0.25) is 5.02 Å². The summed E-state index contributed by atoms with van der Waals surface area (Å²) in [6.07, 6.45) is 3.00. The molecule has 0 bridgehead atoms. The van der Waals surface area contributed by atoms with E-state index in [0.717, 1.165) is 24.9 Å². The third-order valence-corrected chi connectivity index (χ3v) is 3.96. The van der Waals surface area contributed by atoms with Gasteiger partial charge in [-0.1, -0.05) is 17.7 Å². The van der Waals surface area contributed by atoms with Crippen molar-refractivity contribution in [2.75, 3.05) is 20.1 Å². The van der Waals surface area contributed by atoms with Crippen molar-refractivity contribution in [3.05, 3.63) is 45.3 Å². The molecule has 1 N–H and O–H groups in total. The van der Waals surface area contributed by atoms with E-state index in [-0.39, 0.29) is 5.56 Å². The number of halogens is 1. The van der Waals surface area contributed by atoms with Gasteiger partial charge in [-0.3, -0.25) is 4.79 Å². The van der Waals surface area contributed by atoms with Crippen molar-refractivity contribution in [2.45, 2.75) is 12.3 Å². The predicted octanol–water partition coefficient (Wildman–Crippen LogP) is 2.60. The van der Waals surface area contributed by atoms with E-state index >= 15 is 0 Å². The summed E-state index contributed by atoms with van der Waals surface area (Å²) in [7, 11) is 2.13. The molecule has 0 spiro atoms. The van der Waals surface area contributed by atoms with Crippen LogP contribution in [0, 0.1) is 0 Å². The highest BCUT2D eigenvalue weighted by Crippen LogP contribution is 2.31. The first kappa shape index (κ1) is 11.8. The van der Waals surface area contributed by atoms with Crippen LogP contribution < -0.4 is 5.56 Å². The Hall–Kier alpha value is -1.32. The molecule has 0 amide bonds. The number of hydrogen-bond donors (Lipinski definition) is 1. The van der Waals surface area contributed by atoms with Crippen molar-refractivity contribution in [3.63, 3.8) is 0 Å². The number of likely N-dealkylation sites (tertiary alicyclic amines) is 1. The molecule has 2 aromatic rings. The highest BCUT2D eigenvalue weighted by atomic mass is 35.5. The Morgan fingerprint density at radius 3 is 2.94 bits per heavy atom. The van der Waals surface area contributed by atoms with Gasteiger partial charge in [-0.2, -0.15) is 0 Å². The Labute approximate surface area is 110 Å². The zero-order valence-electron chi connectivity index (χ0n) is 10.2. The molecule has 1 unspecified atom stereocenters. The number of aromatic amines is 1.